The molecular formula is C34H41I6N5O12. The van der Waals surface area contributed by atoms with Gasteiger partial charge in [0.05, 0.1) is 83.0 Å². The van der Waals surface area contributed by atoms with Crippen LogP contribution in [0.5, 0.6) is 0 Å². The summed E-state index contributed by atoms with van der Waals surface area (Å²) in [6, 6.07) is 0. The number of Topliss-reactive ketones (excluding diaryl/α,β-unsaturated/α-hetero) is 1. The fourth-order valence-corrected chi connectivity index (χ4v) is 14.2. The number of halogens is 6. The molecule has 10 N–H and O–H groups in total. The van der Waals surface area contributed by atoms with Crippen molar-refractivity contribution < 1.29 is 59.4 Å². The van der Waals surface area contributed by atoms with Gasteiger partial charge in [0, 0.05) is 56.2 Å². The van der Waals surface area contributed by atoms with Gasteiger partial charge in [-0.2, -0.15) is 0 Å². The SMILES string of the molecule is CCC(O)CNC(=O)c1c(I)c(NC(C)=O)c(I)c(C(=O)NCC(O)CN(C(C)=O)c2c(I)c(C(=O)CCC(O)CO)c(I)c(C(=O)NCC(O)CO)c2I)c1I. The first kappa shape index (κ1) is 52.7. The summed E-state index contributed by atoms with van der Waals surface area (Å²) in [5.74, 6) is -3.61. The molecule has 0 aromatic heterocycles. The molecule has 0 aliphatic carbocycles. The molecule has 0 saturated heterocycles. The Hall–Kier alpha value is -0.400. The summed E-state index contributed by atoms with van der Waals surface area (Å²) < 4.78 is 1.56. The number of aliphatic hydroxyl groups is 6. The number of carbonyl (C=O) groups excluding carboxylic acids is 6. The molecule has 0 bridgehead atoms. The summed E-state index contributed by atoms with van der Waals surface area (Å²) in [7, 11) is 0. The Morgan fingerprint density at radius 2 is 1.02 bits per heavy atom. The zero-order valence-corrected chi connectivity index (χ0v) is 43.5. The number of hydrogen-bond donors (Lipinski definition) is 10. The number of amides is 5. The molecule has 0 aliphatic heterocycles. The fraction of sp³-hybridized carbons (Fsp3) is 0.471. The van der Waals surface area contributed by atoms with Crippen LogP contribution >= 0.6 is 136 Å². The third-order valence-electron chi connectivity index (χ3n) is 8.01. The molecule has 0 spiro atoms. The number of anilines is 2. The lowest BCUT2D eigenvalue weighted by Crippen LogP contribution is -2.43. The van der Waals surface area contributed by atoms with E-state index in [9.17, 15) is 59.4 Å². The predicted octanol–water partition coefficient (Wildman–Crippen LogP) is 2.32. The molecule has 4 unspecified atom stereocenters. The van der Waals surface area contributed by atoms with Crippen molar-refractivity contribution in [3.63, 3.8) is 0 Å². The van der Waals surface area contributed by atoms with Crippen molar-refractivity contribution in [2.24, 2.45) is 0 Å². The molecule has 17 nitrogen and oxygen atoms in total. The molecule has 23 heteroatoms. The minimum atomic E-state index is -1.44. The Morgan fingerprint density at radius 3 is 1.46 bits per heavy atom. The maximum Gasteiger partial charge on any atom is 0.253 e. The number of hydrogen-bond acceptors (Lipinski definition) is 12. The smallest absolute Gasteiger partial charge is 0.253 e. The van der Waals surface area contributed by atoms with E-state index in [0.717, 1.165) is 4.90 Å². The molecule has 5 amide bonds. The van der Waals surface area contributed by atoms with Gasteiger partial charge < -0.3 is 56.8 Å². The fourth-order valence-electron chi connectivity index (χ4n) is 4.95. The summed E-state index contributed by atoms with van der Waals surface area (Å²) in [4.78, 5) is 80.9. The van der Waals surface area contributed by atoms with Crippen LogP contribution in [0, 0.1) is 21.4 Å². The van der Waals surface area contributed by atoms with Gasteiger partial charge in [0.25, 0.3) is 17.7 Å². The predicted molar refractivity (Wildman–Crippen MR) is 261 cm³/mol. The van der Waals surface area contributed by atoms with Gasteiger partial charge in [0.15, 0.2) is 5.78 Å². The molecule has 2 aromatic rings. The van der Waals surface area contributed by atoms with E-state index in [4.69, 9.17) is 0 Å². The van der Waals surface area contributed by atoms with Crippen molar-refractivity contribution in [3.8, 4) is 0 Å². The van der Waals surface area contributed by atoms with Crippen molar-refractivity contribution in [1.82, 2.24) is 16.0 Å². The molecule has 2 rings (SSSR count). The van der Waals surface area contributed by atoms with E-state index in [2.05, 4.69) is 21.3 Å². The Kier molecular flexibility index (Phi) is 23.0. The Balaban J connectivity index is 2.60. The molecule has 4 atom stereocenters. The average molecular weight is 1470 g/mol. The van der Waals surface area contributed by atoms with Gasteiger partial charge in [-0.3, -0.25) is 28.8 Å². The van der Waals surface area contributed by atoms with Crippen molar-refractivity contribution in [2.75, 3.05) is 49.6 Å². The van der Waals surface area contributed by atoms with Crippen molar-refractivity contribution in [3.05, 3.63) is 43.7 Å². The third-order valence-corrected chi connectivity index (χ3v) is 14.4. The summed E-state index contributed by atoms with van der Waals surface area (Å²) in [6.07, 6.45) is -4.63. The van der Waals surface area contributed by atoms with Crippen molar-refractivity contribution in [2.45, 2.75) is 64.4 Å². The molecule has 0 saturated carbocycles. The van der Waals surface area contributed by atoms with E-state index in [0.29, 0.717) is 13.6 Å². The summed E-state index contributed by atoms with van der Waals surface area (Å²) >= 11 is 11.1. The number of aliphatic hydroxyl groups excluding tert-OH is 6. The summed E-state index contributed by atoms with van der Waals surface area (Å²) in [6.45, 7) is 1.77. The van der Waals surface area contributed by atoms with Crippen LogP contribution < -0.4 is 26.2 Å². The zero-order chi connectivity index (χ0) is 43.5. The van der Waals surface area contributed by atoms with E-state index in [1.807, 2.05) is 136 Å². The second kappa shape index (κ2) is 24.9. The van der Waals surface area contributed by atoms with Crippen LogP contribution in [0.4, 0.5) is 11.4 Å². The molecule has 0 radical (unpaired) electrons. The lowest BCUT2D eigenvalue weighted by Gasteiger charge is -2.29. The maximum atomic E-state index is 13.8. The van der Waals surface area contributed by atoms with Gasteiger partial charge >= 0.3 is 0 Å². The number of benzene rings is 2. The normalized spacial score (nSPS) is 13.2. The van der Waals surface area contributed by atoms with Gasteiger partial charge in [0.1, 0.15) is 0 Å². The van der Waals surface area contributed by atoms with Crippen LogP contribution in [0.25, 0.3) is 0 Å². The molecule has 2 aromatic carbocycles. The highest BCUT2D eigenvalue weighted by Crippen LogP contribution is 2.39. The molecule has 316 valence electrons. The van der Waals surface area contributed by atoms with Gasteiger partial charge in [-0.15, -0.1) is 0 Å². The monoisotopic (exact) mass is 1470 g/mol. The molecule has 0 heterocycles. The van der Waals surface area contributed by atoms with Gasteiger partial charge in [-0.25, -0.2) is 0 Å². The molecule has 0 fully saturated rings. The Labute approximate surface area is 410 Å². The zero-order valence-electron chi connectivity index (χ0n) is 30.5. The number of rotatable bonds is 20. The van der Waals surface area contributed by atoms with E-state index >= 15 is 0 Å². The van der Waals surface area contributed by atoms with Crippen molar-refractivity contribution in [1.29, 1.82) is 0 Å². The maximum absolute atomic E-state index is 13.8. The third kappa shape index (κ3) is 14.3. The molecular weight excluding hydrogens is 1430 g/mol. The largest absolute Gasteiger partial charge is 0.394 e. The van der Waals surface area contributed by atoms with E-state index in [1.165, 1.54) is 13.8 Å². The minimum absolute atomic E-state index is 0.0235. The van der Waals surface area contributed by atoms with E-state index < -0.39 is 86.0 Å². The van der Waals surface area contributed by atoms with Crippen LogP contribution in [0.3, 0.4) is 0 Å². The Morgan fingerprint density at radius 1 is 0.596 bits per heavy atom. The number of ketones is 1. The second-order valence-electron chi connectivity index (χ2n) is 12.4. The first-order valence-corrected chi connectivity index (χ1v) is 23.4. The van der Waals surface area contributed by atoms with Gasteiger partial charge in [0.2, 0.25) is 11.8 Å². The summed E-state index contributed by atoms with van der Waals surface area (Å²) in [5.41, 5.74) is 0.430. The van der Waals surface area contributed by atoms with Crippen LogP contribution in [-0.2, 0) is 9.59 Å². The highest BCUT2D eigenvalue weighted by Gasteiger charge is 2.33. The van der Waals surface area contributed by atoms with E-state index in [-0.39, 0.29) is 73.8 Å². The minimum Gasteiger partial charge on any atom is -0.394 e. The van der Waals surface area contributed by atoms with Crippen LogP contribution in [0.15, 0.2) is 0 Å². The van der Waals surface area contributed by atoms with Gasteiger partial charge in [-0.1, -0.05) is 6.92 Å². The van der Waals surface area contributed by atoms with Gasteiger partial charge in [-0.05, 0) is 148 Å². The van der Waals surface area contributed by atoms with Crippen LogP contribution in [-0.4, -0.2) is 130 Å². The topological polar surface area (TPSA) is 275 Å². The first-order valence-electron chi connectivity index (χ1n) is 16.9. The standard InChI is InChI=1S/C34H41I6N5O12/c1-4-15(50)7-41-32(55)21-25(36)22(27(38)30(26(21)37)44-13(2)48)33(56)42-8-17(52)10-45(14(3)49)31-28(39)20(19(54)6-5-16(51)11-46)24(35)23(29(31)40)34(57)43-9-18(53)12-47/h15-18,46-47,50-53H,4-12H2,1-3H3,(H,41,55)(H,42,56)(H,43,57)(H,44,48). The number of nitrogens with zero attached hydrogens (tertiary/aromatic N) is 1. The van der Waals surface area contributed by atoms with E-state index in [1.54, 1.807) is 6.92 Å². The Bertz CT molecular complexity index is 1820. The highest BCUT2D eigenvalue weighted by atomic mass is 127. The van der Waals surface area contributed by atoms with Crippen LogP contribution in [0.2, 0.25) is 0 Å². The number of carbonyl (C=O) groups is 6. The highest BCUT2D eigenvalue weighted by molar-refractivity contribution is 14.1. The van der Waals surface area contributed by atoms with Crippen LogP contribution in [0.1, 0.15) is 81.5 Å². The lowest BCUT2D eigenvalue weighted by atomic mass is 10.00. The first-order chi connectivity index (χ1) is 26.6. The average Bonchev–Trinajstić information content (AvgIpc) is 3.14. The number of nitrogens with one attached hydrogen (secondary N) is 4. The molecule has 57 heavy (non-hydrogen) atoms. The quantitative estimate of drug-likeness (QED) is 0.0676. The molecule has 0 aliphatic rings. The van der Waals surface area contributed by atoms with Crippen molar-refractivity contribution >= 4 is 182 Å². The summed E-state index contributed by atoms with van der Waals surface area (Å²) in [5, 5.41) is 70.0. The lowest BCUT2D eigenvalue weighted by molar-refractivity contribution is -0.117. The second-order valence-corrected chi connectivity index (χ2v) is 18.9.